The molecular formula is C20H29NO3. The minimum atomic E-state index is -0.301. The van der Waals surface area contributed by atoms with E-state index in [2.05, 4.69) is 24.3 Å². The molecule has 4 nitrogen and oxygen atoms in total. The van der Waals surface area contributed by atoms with Gasteiger partial charge in [0.1, 0.15) is 0 Å². The zero-order valence-corrected chi connectivity index (χ0v) is 14.6. The smallest absolute Gasteiger partial charge is 0.222 e. The maximum Gasteiger partial charge on any atom is 0.222 e. The van der Waals surface area contributed by atoms with Crippen molar-refractivity contribution in [2.45, 2.75) is 69.1 Å². The Kier molecular flexibility index (Phi) is 5.57. The molecule has 2 fully saturated rings. The third kappa shape index (κ3) is 3.65. The van der Waals surface area contributed by atoms with Crippen LogP contribution in [0, 0.1) is 0 Å². The Hall–Kier alpha value is -1.39. The van der Waals surface area contributed by atoms with Crippen LogP contribution in [-0.2, 0) is 16.0 Å². The number of carbonyl (C=O) groups is 1. The van der Waals surface area contributed by atoms with E-state index in [1.54, 1.807) is 7.11 Å². The van der Waals surface area contributed by atoms with E-state index in [-0.39, 0.29) is 23.7 Å². The highest BCUT2D eigenvalue weighted by atomic mass is 16.5. The topological polar surface area (TPSA) is 49.8 Å². The van der Waals surface area contributed by atoms with Gasteiger partial charge in [-0.25, -0.2) is 0 Å². The summed E-state index contributed by atoms with van der Waals surface area (Å²) in [5.41, 5.74) is 1.11. The number of rotatable bonds is 6. The summed E-state index contributed by atoms with van der Waals surface area (Å²) in [6, 6.07) is 10.5. The average Bonchev–Trinajstić information content (AvgIpc) is 2.99. The molecular weight excluding hydrogens is 302 g/mol. The Morgan fingerprint density at radius 3 is 2.83 bits per heavy atom. The lowest BCUT2D eigenvalue weighted by Crippen LogP contribution is -2.52. The predicted octanol–water partition coefficient (Wildman–Crippen LogP) is 2.93. The van der Waals surface area contributed by atoms with Crippen LogP contribution in [0.15, 0.2) is 30.3 Å². The summed E-state index contributed by atoms with van der Waals surface area (Å²) in [4.78, 5) is 14.6. The van der Waals surface area contributed by atoms with Crippen LogP contribution in [-0.4, -0.2) is 47.3 Å². The first kappa shape index (κ1) is 17.4. The number of nitrogens with zero attached hydrogens (tertiary/aromatic N) is 1. The number of hydrogen-bond acceptors (Lipinski definition) is 3. The molecule has 0 bridgehead atoms. The molecule has 0 spiro atoms. The summed E-state index contributed by atoms with van der Waals surface area (Å²) < 4.78 is 5.81. The minimum absolute atomic E-state index is 0.0490. The Morgan fingerprint density at radius 2 is 2.08 bits per heavy atom. The third-order valence-electron chi connectivity index (χ3n) is 5.83. The molecule has 0 aromatic heterocycles. The van der Waals surface area contributed by atoms with Crippen LogP contribution < -0.4 is 0 Å². The fourth-order valence-corrected chi connectivity index (χ4v) is 4.37. The van der Waals surface area contributed by atoms with Crippen LogP contribution in [0.3, 0.4) is 0 Å². The summed E-state index contributed by atoms with van der Waals surface area (Å²) in [6.07, 6.45) is 6.46. The molecule has 3 atom stereocenters. The first-order valence-electron chi connectivity index (χ1n) is 9.21. The van der Waals surface area contributed by atoms with Crippen molar-refractivity contribution in [3.05, 3.63) is 35.9 Å². The number of carbonyl (C=O) groups excluding carboxylic acids is 1. The van der Waals surface area contributed by atoms with Crippen molar-refractivity contribution < 1.29 is 14.6 Å². The number of ether oxygens (including phenoxy) is 1. The van der Waals surface area contributed by atoms with Crippen molar-refractivity contribution in [1.82, 2.24) is 4.90 Å². The molecule has 1 heterocycles. The fraction of sp³-hybridized carbons (Fsp3) is 0.650. The number of aliphatic hydroxyl groups excluding tert-OH is 1. The molecule has 0 radical (unpaired) electrons. The molecule has 4 heteroatoms. The van der Waals surface area contributed by atoms with Gasteiger partial charge in [-0.2, -0.15) is 0 Å². The molecule has 1 amide bonds. The standard InChI is InChI=1S/C20H29NO3/c1-24-20-12-11-17(22)15-18(20)21(14-13-20)19(23)10-6-5-9-16-7-3-2-4-8-16/h2-4,7-8,17-18,22H,5-6,9-15H2,1H3/t17-,18+,20-/m1/s1. The molecule has 1 aromatic rings. The molecule has 1 aromatic carbocycles. The number of unbranched alkanes of at least 4 members (excludes halogenated alkanes) is 1. The number of likely N-dealkylation sites (tertiary alicyclic amines) is 1. The van der Waals surface area contributed by atoms with Crippen molar-refractivity contribution >= 4 is 5.91 Å². The van der Waals surface area contributed by atoms with Crippen molar-refractivity contribution in [2.24, 2.45) is 0 Å². The number of aryl methyl sites for hydroxylation is 1. The van der Waals surface area contributed by atoms with E-state index >= 15 is 0 Å². The highest BCUT2D eigenvalue weighted by Crippen LogP contribution is 2.42. The molecule has 3 rings (SSSR count). The van der Waals surface area contributed by atoms with Crippen LogP contribution in [0.5, 0.6) is 0 Å². The molecule has 24 heavy (non-hydrogen) atoms. The van der Waals surface area contributed by atoms with Crippen LogP contribution in [0.25, 0.3) is 0 Å². The second kappa shape index (κ2) is 7.66. The summed E-state index contributed by atoms with van der Waals surface area (Å²) >= 11 is 0. The lowest BCUT2D eigenvalue weighted by atomic mass is 9.79. The van der Waals surface area contributed by atoms with Gasteiger partial charge in [-0.15, -0.1) is 0 Å². The Labute approximate surface area is 144 Å². The van der Waals surface area contributed by atoms with Gasteiger partial charge in [0.2, 0.25) is 5.91 Å². The molecule has 132 valence electrons. The van der Waals surface area contributed by atoms with Gasteiger partial charge in [0, 0.05) is 20.1 Å². The van der Waals surface area contributed by atoms with Crippen LogP contribution in [0.4, 0.5) is 0 Å². The van der Waals surface area contributed by atoms with Crippen molar-refractivity contribution in [2.75, 3.05) is 13.7 Å². The number of aliphatic hydroxyl groups is 1. The average molecular weight is 331 g/mol. The molecule has 1 N–H and O–H groups in total. The summed E-state index contributed by atoms with van der Waals surface area (Å²) in [5.74, 6) is 0.223. The Morgan fingerprint density at radius 1 is 1.29 bits per heavy atom. The van der Waals surface area contributed by atoms with Gasteiger partial charge >= 0.3 is 0 Å². The quantitative estimate of drug-likeness (QED) is 0.816. The zero-order valence-electron chi connectivity index (χ0n) is 14.6. The first-order valence-corrected chi connectivity index (χ1v) is 9.21. The number of hydrogen-bond donors (Lipinski definition) is 1. The zero-order chi connectivity index (χ0) is 17.0. The van der Waals surface area contributed by atoms with E-state index in [0.717, 1.165) is 45.1 Å². The second-order valence-electron chi connectivity index (χ2n) is 7.24. The second-order valence-corrected chi connectivity index (χ2v) is 7.24. The van der Waals surface area contributed by atoms with Gasteiger partial charge in [0.15, 0.2) is 0 Å². The van der Waals surface area contributed by atoms with Crippen molar-refractivity contribution in [3.63, 3.8) is 0 Å². The van der Waals surface area contributed by atoms with E-state index in [1.807, 2.05) is 11.0 Å². The molecule has 0 unspecified atom stereocenters. The molecule has 2 aliphatic rings. The number of fused-ring (bicyclic) bond motifs is 1. The van der Waals surface area contributed by atoms with Crippen molar-refractivity contribution in [1.29, 1.82) is 0 Å². The van der Waals surface area contributed by atoms with E-state index in [0.29, 0.717) is 12.8 Å². The summed E-state index contributed by atoms with van der Waals surface area (Å²) in [5, 5.41) is 10.0. The highest BCUT2D eigenvalue weighted by Gasteiger charge is 2.52. The monoisotopic (exact) mass is 331 g/mol. The highest BCUT2D eigenvalue weighted by molar-refractivity contribution is 5.77. The summed E-state index contributed by atoms with van der Waals surface area (Å²) in [6.45, 7) is 0.767. The van der Waals surface area contributed by atoms with Crippen LogP contribution in [0.1, 0.15) is 50.5 Å². The van der Waals surface area contributed by atoms with Gasteiger partial charge in [-0.1, -0.05) is 30.3 Å². The molecule has 1 saturated heterocycles. The van der Waals surface area contributed by atoms with Gasteiger partial charge in [-0.05, 0) is 50.5 Å². The minimum Gasteiger partial charge on any atom is -0.393 e. The van der Waals surface area contributed by atoms with E-state index in [9.17, 15) is 9.90 Å². The molecule has 1 saturated carbocycles. The van der Waals surface area contributed by atoms with Gasteiger partial charge in [-0.3, -0.25) is 4.79 Å². The van der Waals surface area contributed by atoms with E-state index in [1.165, 1.54) is 5.56 Å². The Bertz CT molecular complexity index is 547. The fourth-order valence-electron chi connectivity index (χ4n) is 4.37. The largest absolute Gasteiger partial charge is 0.393 e. The number of methoxy groups -OCH3 is 1. The predicted molar refractivity (Wildman–Crippen MR) is 93.7 cm³/mol. The maximum atomic E-state index is 12.7. The van der Waals surface area contributed by atoms with Crippen molar-refractivity contribution in [3.8, 4) is 0 Å². The van der Waals surface area contributed by atoms with Gasteiger partial charge < -0.3 is 14.7 Å². The van der Waals surface area contributed by atoms with Gasteiger partial charge in [0.25, 0.3) is 0 Å². The van der Waals surface area contributed by atoms with E-state index in [4.69, 9.17) is 4.74 Å². The SMILES string of the molecule is CO[C@@]12CC[C@@H](O)C[C@@H]1N(C(=O)CCCCc1ccccc1)CC2. The molecule has 1 aliphatic carbocycles. The Balaban J connectivity index is 1.50. The van der Waals surface area contributed by atoms with E-state index < -0.39 is 0 Å². The maximum absolute atomic E-state index is 12.7. The van der Waals surface area contributed by atoms with Crippen LogP contribution in [0.2, 0.25) is 0 Å². The number of benzene rings is 1. The number of amides is 1. The molecule has 1 aliphatic heterocycles. The normalized spacial score (nSPS) is 29.5. The summed E-state index contributed by atoms with van der Waals surface area (Å²) in [7, 11) is 1.75. The lowest BCUT2D eigenvalue weighted by molar-refractivity contribution is -0.139. The first-order chi connectivity index (χ1) is 11.6. The third-order valence-corrected chi connectivity index (χ3v) is 5.83. The lowest BCUT2D eigenvalue weighted by Gasteiger charge is -2.42. The van der Waals surface area contributed by atoms with Gasteiger partial charge in [0.05, 0.1) is 17.7 Å². The van der Waals surface area contributed by atoms with Crippen LogP contribution >= 0.6 is 0 Å².